The number of halogens is 1. The van der Waals surface area contributed by atoms with Crippen LogP contribution >= 0.6 is 38.6 Å². The van der Waals surface area contributed by atoms with Gasteiger partial charge in [-0.05, 0) is 66.2 Å². The maximum absolute atomic E-state index is 12.9. The molecule has 1 saturated heterocycles. The van der Waals surface area contributed by atoms with Gasteiger partial charge in [0, 0.05) is 24.0 Å². The van der Waals surface area contributed by atoms with Gasteiger partial charge in [0.05, 0.1) is 31.5 Å². The smallest absolute Gasteiger partial charge is 0.257 e. The molecule has 1 aliphatic heterocycles. The fourth-order valence-corrected chi connectivity index (χ4v) is 7.04. The number of ether oxygens (including phenoxy) is 1. The molecule has 1 aromatic carbocycles. The average molecular weight is 543 g/mol. The van der Waals surface area contributed by atoms with Gasteiger partial charge in [0.1, 0.15) is 0 Å². The lowest BCUT2D eigenvalue weighted by molar-refractivity contribution is -0.0440. The Morgan fingerprint density at radius 1 is 1.16 bits per heavy atom. The third kappa shape index (κ3) is 5.07. The van der Waals surface area contributed by atoms with Crippen molar-refractivity contribution in [2.24, 2.45) is 0 Å². The molecule has 1 fully saturated rings. The zero-order valence-corrected chi connectivity index (χ0v) is 20.8. The summed E-state index contributed by atoms with van der Waals surface area (Å²) >= 11 is 6.33. The monoisotopic (exact) mass is 541 g/mol. The number of carbonyl (C=O) groups excluding carboxylic acids is 1. The Labute approximate surface area is 197 Å². The number of hydrogen-bond donors (Lipinski definition) is 1. The Balaban J connectivity index is 1.45. The minimum atomic E-state index is -3.65. The number of thiophene rings is 1. The number of benzene rings is 1. The molecule has 1 N–H and O–H groups in total. The van der Waals surface area contributed by atoms with Crippen LogP contribution in [-0.4, -0.2) is 48.9 Å². The third-order valence-electron chi connectivity index (χ3n) is 4.69. The van der Waals surface area contributed by atoms with Crippen LogP contribution in [0.25, 0.3) is 10.6 Å². The number of rotatable bonds is 5. The SMILES string of the molecule is CC1CN(S(=O)(=O)c2ccc(C(=O)Nc3nc(-c4ccc(Br)s4)cs3)cc2)CC(C)O1. The summed E-state index contributed by atoms with van der Waals surface area (Å²) in [5.41, 5.74) is 1.16. The summed E-state index contributed by atoms with van der Waals surface area (Å²) in [6, 6.07) is 9.87. The summed E-state index contributed by atoms with van der Waals surface area (Å²) in [5.74, 6) is -0.342. The molecular formula is C20H20BrN3O4S3. The van der Waals surface area contributed by atoms with E-state index >= 15 is 0 Å². The molecule has 3 aromatic rings. The molecule has 31 heavy (non-hydrogen) atoms. The molecule has 0 radical (unpaired) electrons. The Morgan fingerprint density at radius 2 is 1.84 bits per heavy atom. The summed E-state index contributed by atoms with van der Waals surface area (Å²) in [4.78, 5) is 18.2. The number of hydrogen-bond acceptors (Lipinski definition) is 7. The van der Waals surface area contributed by atoms with Gasteiger partial charge in [0.25, 0.3) is 5.91 Å². The molecule has 2 unspecified atom stereocenters. The summed E-state index contributed by atoms with van der Waals surface area (Å²) < 4.78 is 34.0. The quantitative estimate of drug-likeness (QED) is 0.506. The molecule has 1 amide bonds. The van der Waals surface area contributed by atoms with Crippen molar-refractivity contribution in [3.63, 3.8) is 0 Å². The Kier molecular flexibility index (Phi) is 6.61. The normalized spacial score (nSPS) is 20.0. The van der Waals surface area contributed by atoms with Crippen LogP contribution in [0.3, 0.4) is 0 Å². The van der Waals surface area contributed by atoms with E-state index in [1.54, 1.807) is 11.3 Å². The number of morpholine rings is 1. The van der Waals surface area contributed by atoms with Gasteiger partial charge in [-0.3, -0.25) is 10.1 Å². The average Bonchev–Trinajstić information content (AvgIpc) is 3.36. The van der Waals surface area contributed by atoms with Crippen LogP contribution in [0, 0.1) is 0 Å². The standard InChI is InChI=1S/C20H20BrN3O4S3/c1-12-9-24(10-13(2)28-12)31(26,27)15-5-3-14(4-6-15)19(25)23-20-22-16(11-29-20)17-7-8-18(21)30-17/h3-8,11-13H,9-10H2,1-2H3,(H,22,23,25). The first-order valence-electron chi connectivity index (χ1n) is 9.50. The van der Waals surface area contributed by atoms with Crippen molar-refractivity contribution in [2.45, 2.75) is 31.0 Å². The van der Waals surface area contributed by atoms with Gasteiger partial charge < -0.3 is 4.74 Å². The largest absolute Gasteiger partial charge is 0.373 e. The number of carbonyl (C=O) groups is 1. The predicted molar refractivity (Wildman–Crippen MR) is 126 cm³/mol. The number of sulfonamides is 1. The van der Waals surface area contributed by atoms with Gasteiger partial charge in [-0.25, -0.2) is 13.4 Å². The van der Waals surface area contributed by atoms with Crippen LogP contribution in [0.15, 0.2) is 50.5 Å². The first-order valence-corrected chi connectivity index (χ1v) is 13.4. The van der Waals surface area contributed by atoms with Crippen molar-refractivity contribution in [2.75, 3.05) is 18.4 Å². The van der Waals surface area contributed by atoms with E-state index in [0.717, 1.165) is 14.4 Å². The van der Waals surface area contributed by atoms with Crippen molar-refractivity contribution in [1.29, 1.82) is 0 Å². The maximum Gasteiger partial charge on any atom is 0.257 e. The number of amides is 1. The first kappa shape index (κ1) is 22.6. The minimum absolute atomic E-state index is 0.158. The predicted octanol–water partition coefficient (Wildman–Crippen LogP) is 4.68. The van der Waals surface area contributed by atoms with Crippen LogP contribution in [-0.2, 0) is 14.8 Å². The van der Waals surface area contributed by atoms with Crippen molar-refractivity contribution in [3.05, 3.63) is 51.1 Å². The van der Waals surface area contributed by atoms with Gasteiger partial charge in [0.2, 0.25) is 10.0 Å². The van der Waals surface area contributed by atoms with Crippen LogP contribution in [0.5, 0.6) is 0 Å². The minimum Gasteiger partial charge on any atom is -0.373 e. The second kappa shape index (κ2) is 9.08. The molecular weight excluding hydrogens is 522 g/mol. The molecule has 3 heterocycles. The van der Waals surface area contributed by atoms with Gasteiger partial charge in [0.15, 0.2) is 5.13 Å². The van der Waals surface area contributed by atoms with E-state index < -0.39 is 10.0 Å². The van der Waals surface area contributed by atoms with Crippen LogP contribution < -0.4 is 5.32 Å². The van der Waals surface area contributed by atoms with E-state index in [2.05, 4.69) is 26.2 Å². The van der Waals surface area contributed by atoms with Crippen LogP contribution in [0.2, 0.25) is 0 Å². The molecule has 0 spiro atoms. The van der Waals surface area contributed by atoms with Gasteiger partial charge in [-0.2, -0.15) is 4.31 Å². The summed E-state index contributed by atoms with van der Waals surface area (Å²) in [5, 5.41) is 5.14. The number of aromatic nitrogens is 1. The highest BCUT2D eigenvalue weighted by atomic mass is 79.9. The van der Waals surface area contributed by atoms with E-state index in [4.69, 9.17) is 4.74 Å². The van der Waals surface area contributed by atoms with E-state index in [9.17, 15) is 13.2 Å². The van der Waals surface area contributed by atoms with Gasteiger partial charge in [-0.15, -0.1) is 22.7 Å². The van der Waals surface area contributed by atoms with E-state index in [1.165, 1.54) is 39.9 Å². The molecule has 1 aliphatic rings. The highest BCUT2D eigenvalue weighted by Gasteiger charge is 2.32. The molecule has 7 nitrogen and oxygen atoms in total. The lowest BCUT2D eigenvalue weighted by atomic mass is 10.2. The highest BCUT2D eigenvalue weighted by Crippen LogP contribution is 2.33. The molecule has 0 aliphatic carbocycles. The fourth-order valence-electron chi connectivity index (χ4n) is 3.32. The number of nitrogens with zero attached hydrogens (tertiary/aromatic N) is 2. The second-order valence-corrected chi connectivity index (χ2v) is 12.5. The molecule has 0 bridgehead atoms. The lowest BCUT2D eigenvalue weighted by Gasteiger charge is -2.34. The van der Waals surface area contributed by atoms with Crippen molar-refractivity contribution >= 4 is 59.7 Å². The second-order valence-electron chi connectivity index (χ2n) is 7.20. The molecule has 11 heteroatoms. The molecule has 164 valence electrons. The van der Waals surface area contributed by atoms with Gasteiger partial charge in [-0.1, -0.05) is 0 Å². The molecule has 2 atom stereocenters. The Morgan fingerprint density at radius 3 is 2.45 bits per heavy atom. The van der Waals surface area contributed by atoms with Crippen molar-refractivity contribution in [3.8, 4) is 10.6 Å². The van der Waals surface area contributed by atoms with E-state index in [-0.39, 0.29) is 23.0 Å². The first-order chi connectivity index (χ1) is 14.7. The van der Waals surface area contributed by atoms with Crippen LogP contribution in [0.1, 0.15) is 24.2 Å². The third-order valence-corrected chi connectivity index (χ3v) is 8.94. The molecule has 4 rings (SSSR count). The molecule has 0 saturated carbocycles. The van der Waals surface area contributed by atoms with Crippen molar-refractivity contribution in [1.82, 2.24) is 9.29 Å². The van der Waals surface area contributed by atoms with E-state index in [0.29, 0.717) is 23.8 Å². The number of anilines is 1. The summed E-state index contributed by atoms with van der Waals surface area (Å²) in [7, 11) is -3.65. The summed E-state index contributed by atoms with van der Waals surface area (Å²) in [6.45, 7) is 4.32. The zero-order chi connectivity index (χ0) is 22.2. The van der Waals surface area contributed by atoms with Gasteiger partial charge >= 0.3 is 0 Å². The zero-order valence-electron chi connectivity index (χ0n) is 16.7. The Bertz CT molecular complexity index is 1180. The topological polar surface area (TPSA) is 88.6 Å². The molecule has 2 aromatic heterocycles. The van der Waals surface area contributed by atoms with Crippen LogP contribution in [0.4, 0.5) is 5.13 Å². The van der Waals surface area contributed by atoms with E-state index in [1.807, 2.05) is 31.4 Å². The maximum atomic E-state index is 12.9. The summed E-state index contributed by atoms with van der Waals surface area (Å²) in [6.07, 6.45) is -0.330. The fraction of sp³-hybridized carbons (Fsp3) is 0.300. The number of thiazole rings is 1. The highest BCUT2D eigenvalue weighted by molar-refractivity contribution is 9.11. The number of nitrogens with one attached hydrogen (secondary N) is 1. The Hall–Kier alpha value is -1.63. The lowest BCUT2D eigenvalue weighted by Crippen LogP contribution is -2.48. The van der Waals surface area contributed by atoms with Crippen molar-refractivity contribution < 1.29 is 17.9 Å².